The third-order valence-electron chi connectivity index (χ3n) is 3.93. The molecule has 1 aliphatic heterocycles. The summed E-state index contributed by atoms with van der Waals surface area (Å²) < 4.78 is 5.14. The Morgan fingerprint density at radius 3 is 2.62 bits per heavy atom. The van der Waals surface area contributed by atoms with Crippen molar-refractivity contribution >= 4 is 18.3 Å². The number of piperidine rings is 1. The van der Waals surface area contributed by atoms with Crippen LogP contribution in [0.25, 0.3) is 0 Å². The normalized spacial score (nSPS) is 21.3. The van der Waals surface area contributed by atoms with Crippen molar-refractivity contribution in [3.63, 3.8) is 0 Å². The molecule has 0 aromatic heterocycles. The van der Waals surface area contributed by atoms with Crippen LogP contribution in [-0.4, -0.2) is 37.6 Å². The van der Waals surface area contributed by atoms with Gasteiger partial charge in [0, 0.05) is 25.6 Å². The van der Waals surface area contributed by atoms with Gasteiger partial charge in [-0.05, 0) is 44.0 Å². The van der Waals surface area contributed by atoms with Crippen molar-refractivity contribution in [3.8, 4) is 5.75 Å². The van der Waals surface area contributed by atoms with E-state index in [1.807, 2.05) is 36.2 Å². The summed E-state index contributed by atoms with van der Waals surface area (Å²) >= 11 is 0. The van der Waals surface area contributed by atoms with Gasteiger partial charge in [-0.15, -0.1) is 12.4 Å². The molecule has 5 heteroatoms. The van der Waals surface area contributed by atoms with Gasteiger partial charge in [-0.2, -0.15) is 0 Å². The molecule has 1 amide bonds. The zero-order chi connectivity index (χ0) is 14.5. The summed E-state index contributed by atoms with van der Waals surface area (Å²) in [7, 11) is 3.54. The molecule has 1 aliphatic rings. The van der Waals surface area contributed by atoms with E-state index in [1.165, 1.54) is 0 Å². The summed E-state index contributed by atoms with van der Waals surface area (Å²) in [6.45, 7) is 3.73. The van der Waals surface area contributed by atoms with Gasteiger partial charge in [0.2, 0.25) is 5.91 Å². The lowest BCUT2D eigenvalue weighted by atomic mass is 9.92. The highest BCUT2D eigenvalue weighted by Gasteiger charge is 2.26. The number of nitrogens with zero attached hydrogens (tertiary/aromatic N) is 1. The third kappa shape index (κ3) is 4.90. The largest absolute Gasteiger partial charge is 0.497 e. The number of carbonyl (C=O) groups excluding carboxylic acids is 1. The van der Waals surface area contributed by atoms with Gasteiger partial charge in [0.05, 0.1) is 7.11 Å². The number of nitrogens with one attached hydrogen (secondary N) is 1. The van der Waals surface area contributed by atoms with Gasteiger partial charge in [-0.25, -0.2) is 0 Å². The van der Waals surface area contributed by atoms with E-state index in [0.29, 0.717) is 12.6 Å². The van der Waals surface area contributed by atoms with Crippen LogP contribution in [0, 0.1) is 5.92 Å². The number of hydrogen-bond acceptors (Lipinski definition) is 3. The lowest BCUT2D eigenvalue weighted by Gasteiger charge is -2.30. The first kappa shape index (κ1) is 17.8. The molecule has 0 radical (unpaired) electrons. The number of ether oxygens (including phenoxy) is 1. The standard InChI is InChI=1S/C16H24N2O2.ClH/c1-12-10-14(8-9-17-12)16(19)18(2)11-13-4-6-15(20-3)7-5-13;/h4-7,12,14,17H,8-11H2,1-3H3;1H/t12-,14-;/m0./s1. The van der Waals surface area contributed by atoms with Crippen LogP contribution in [0.1, 0.15) is 25.3 Å². The summed E-state index contributed by atoms with van der Waals surface area (Å²) in [6.07, 6.45) is 1.88. The van der Waals surface area contributed by atoms with Crippen molar-refractivity contribution in [1.29, 1.82) is 0 Å². The second-order valence-electron chi connectivity index (χ2n) is 5.62. The molecule has 0 unspecified atom stereocenters. The topological polar surface area (TPSA) is 41.6 Å². The predicted molar refractivity (Wildman–Crippen MR) is 86.9 cm³/mol. The Bertz CT molecular complexity index is 450. The summed E-state index contributed by atoms with van der Waals surface area (Å²) in [5, 5.41) is 3.38. The van der Waals surface area contributed by atoms with E-state index in [-0.39, 0.29) is 24.2 Å². The number of hydrogen-bond donors (Lipinski definition) is 1. The van der Waals surface area contributed by atoms with Gasteiger partial charge >= 0.3 is 0 Å². The monoisotopic (exact) mass is 312 g/mol. The summed E-state index contributed by atoms with van der Waals surface area (Å²) in [5.74, 6) is 1.26. The predicted octanol–water partition coefficient (Wildman–Crippen LogP) is 2.46. The summed E-state index contributed by atoms with van der Waals surface area (Å²) in [5.41, 5.74) is 1.13. The molecular formula is C16H25ClN2O2. The fourth-order valence-corrected chi connectivity index (χ4v) is 2.75. The Kier molecular flexibility index (Phi) is 6.99. The van der Waals surface area contributed by atoms with E-state index in [2.05, 4.69) is 12.2 Å². The van der Waals surface area contributed by atoms with Crippen molar-refractivity contribution in [2.75, 3.05) is 20.7 Å². The molecular weight excluding hydrogens is 288 g/mol. The second kappa shape index (κ2) is 8.25. The highest BCUT2D eigenvalue weighted by molar-refractivity contribution is 5.85. The van der Waals surface area contributed by atoms with Crippen molar-refractivity contribution in [2.45, 2.75) is 32.4 Å². The van der Waals surface area contributed by atoms with Crippen LogP contribution >= 0.6 is 12.4 Å². The lowest BCUT2D eigenvalue weighted by molar-refractivity contribution is -0.135. The van der Waals surface area contributed by atoms with Crippen LogP contribution in [0.5, 0.6) is 5.75 Å². The number of benzene rings is 1. The average molecular weight is 313 g/mol. The lowest BCUT2D eigenvalue weighted by Crippen LogP contribution is -2.42. The zero-order valence-corrected chi connectivity index (χ0v) is 13.8. The van der Waals surface area contributed by atoms with Gasteiger partial charge in [0.15, 0.2) is 0 Å². The zero-order valence-electron chi connectivity index (χ0n) is 13.0. The quantitative estimate of drug-likeness (QED) is 0.928. The highest BCUT2D eigenvalue weighted by atomic mass is 35.5. The average Bonchev–Trinajstić information content (AvgIpc) is 2.47. The van der Waals surface area contributed by atoms with Gasteiger partial charge in [-0.3, -0.25) is 4.79 Å². The third-order valence-corrected chi connectivity index (χ3v) is 3.93. The van der Waals surface area contributed by atoms with Crippen molar-refractivity contribution in [2.24, 2.45) is 5.92 Å². The van der Waals surface area contributed by atoms with Crippen LogP contribution in [0.15, 0.2) is 24.3 Å². The molecule has 2 rings (SSSR count). The highest BCUT2D eigenvalue weighted by Crippen LogP contribution is 2.20. The second-order valence-corrected chi connectivity index (χ2v) is 5.62. The first-order valence-electron chi connectivity index (χ1n) is 7.21. The van der Waals surface area contributed by atoms with Crippen molar-refractivity contribution in [3.05, 3.63) is 29.8 Å². The van der Waals surface area contributed by atoms with Crippen LogP contribution < -0.4 is 10.1 Å². The Hall–Kier alpha value is -1.26. The first-order chi connectivity index (χ1) is 9.60. The molecule has 2 atom stereocenters. The number of methoxy groups -OCH3 is 1. The Balaban J connectivity index is 0.00000220. The molecule has 0 aliphatic carbocycles. The molecule has 0 bridgehead atoms. The van der Waals surface area contributed by atoms with Crippen LogP contribution in [-0.2, 0) is 11.3 Å². The molecule has 0 saturated carbocycles. The summed E-state index contributed by atoms with van der Waals surface area (Å²) in [6, 6.07) is 8.31. The van der Waals surface area contributed by atoms with Crippen LogP contribution in [0.2, 0.25) is 0 Å². The minimum Gasteiger partial charge on any atom is -0.497 e. The number of halogens is 1. The van der Waals surface area contributed by atoms with E-state index >= 15 is 0 Å². The SMILES string of the molecule is COc1ccc(CN(C)C(=O)[C@H]2CCN[C@@H](C)C2)cc1.Cl. The van der Waals surface area contributed by atoms with E-state index in [0.717, 1.165) is 30.7 Å². The molecule has 1 N–H and O–H groups in total. The van der Waals surface area contributed by atoms with Gasteiger partial charge in [0.25, 0.3) is 0 Å². The van der Waals surface area contributed by atoms with Crippen molar-refractivity contribution < 1.29 is 9.53 Å². The minimum atomic E-state index is 0. The van der Waals surface area contributed by atoms with Gasteiger partial charge < -0.3 is 15.0 Å². The fraction of sp³-hybridized carbons (Fsp3) is 0.562. The van der Waals surface area contributed by atoms with Crippen LogP contribution in [0.4, 0.5) is 0 Å². The Morgan fingerprint density at radius 2 is 2.05 bits per heavy atom. The van der Waals surface area contributed by atoms with Crippen LogP contribution in [0.3, 0.4) is 0 Å². The van der Waals surface area contributed by atoms with Crippen molar-refractivity contribution in [1.82, 2.24) is 10.2 Å². The molecule has 1 aromatic rings. The summed E-state index contributed by atoms with van der Waals surface area (Å²) in [4.78, 5) is 14.3. The number of amides is 1. The molecule has 1 saturated heterocycles. The molecule has 1 aromatic carbocycles. The Morgan fingerprint density at radius 1 is 1.38 bits per heavy atom. The van der Waals surface area contributed by atoms with E-state index < -0.39 is 0 Å². The molecule has 21 heavy (non-hydrogen) atoms. The number of carbonyl (C=O) groups is 1. The maximum atomic E-state index is 12.4. The maximum Gasteiger partial charge on any atom is 0.225 e. The molecule has 0 spiro atoms. The van der Waals surface area contributed by atoms with E-state index in [1.54, 1.807) is 7.11 Å². The molecule has 4 nitrogen and oxygen atoms in total. The van der Waals surface area contributed by atoms with Gasteiger partial charge in [0.1, 0.15) is 5.75 Å². The molecule has 118 valence electrons. The van der Waals surface area contributed by atoms with Gasteiger partial charge in [-0.1, -0.05) is 12.1 Å². The first-order valence-corrected chi connectivity index (χ1v) is 7.21. The minimum absolute atomic E-state index is 0. The molecule has 1 heterocycles. The molecule has 1 fully saturated rings. The maximum absolute atomic E-state index is 12.4. The Labute approximate surface area is 133 Å². The smallest absolute Gasteiger partial charge is 0.225 e. The number of rotatable bonds is 4. The fourth-order valence-electron chi connectivity index (χ4n) is 2.75. The van der Waals surface area contributed by atoms with E-state index in [9.17, 15) is 4.79 Å². The van der Waals surface area contributed by atoms with E-state index in [4.69, 9.17) is 4.74 Å².